The molecule has 0 nitrogen and oxygen atoms in total. The number of hydrogen-bond acceptors (Lipinski definition) is 0. The fourth-order valence-electron chi connectivity index (χ4n) is 3.43. The van der Waals surface area contributed by atoms with Gasteiger partial charge in [-0.05, 0) is 55.8 Å². The van der Waals surface area contributed by atoms with Crippen LogP contribution in [0.15, 0.2) is 78.9 Å². The lowest BCUT2D eigenvalue weighted by atomic mass is 9.84. The molecule has 0 saturated carbocycles. The van der Waals surface area contributed by atoms with E-state index >= 15 is 0 Å². The van der Waals surface area contributed by atoms with Crippen molar-refractivity contribution in [3.05, 3.63) is 84.4 Å². The SMILES string of the molecule is CC(C)(C)c1ccc2c(-c3ccccc3)cc3ccccc3c2c1. The van der Waals surface area contributed by atoms with Gasteiger partial charge in [0.2, 0.25) is 0 Å². The summed E-state index contributed by atoms with van der Waals surface area (Å²) in [5, 5.41) is 5.31. The minimum Gasteiger partial charge on any atom is -0.0622 e. The first-order valence-corrected chi connectivity index (χ1v) is 8.55. The van der Waals surface area contributed by atoms with E-state index in [1.807, 2.05) is 0 Å². The highest BCUT2D eigenvalue weighted by Crippen LogP contribution is 2.37. The molecule has 0 heterocycles. The Morgan fingerprint density at radius 3 is 2.04 bits per heavy atom. The number of rotatable bonds is 1. The second-order valence-corrected chi connectivity index (χ2v) is 7.52. The van der Waals surface area contributed by atoms with Gasteiger partial charge < -0.3 is 0 Å². The van der Waals surface area contributed by atoms with Crippen LogP contribution in [0.1, 0.15) is 26.3 Å². The van der Waals surface area contributed by atoms with Crippen LogP contribution in [0.2, 0.25) is 0 Å². The molecule has 0 heteroatoms. The van der Waals surface area contributed by atoms with Gasteiger partial charge in [0, 0.05) is 0 Å². The molecule has 118 valence electrons. The largest absolute Gasteiger partial charge is 0.0622 e. The first-order chi connectivity index (χ1) is 11.5. The fraction of sp³-hybridized carbons (Fsp3) is 0.167. The Bertz CT molecular complexity index is 1020. The summed E-state index contributed by atoms with van der Waals surface area (Å²) in [4.78, 5) is 0. The fourth-order valence-corrected chi connectivity index (χ4v) is 3.43. The molecule has 0 fully saturated rings. The first-order valence-electron chi connectivity index (χ1n) is 8.55. The van der Waals surface area contributed by atoms with Crippen LogP contribution in [-0.4, -0.2) is 0 Å². The highest BCUT2D eigenvalue weighted by atomic mass is 14.2. The van der Waals surface area contributed by atoms with E-state index in [0.717, 1.165) is 0 Å². The van der Waals surface area contributed by atoms with E-state index in [1.54, 1.807) is 0 Å². The molecular weight excluding hydrogens is 288 g/mol. The van der Waals surface area contributed by atoms with E-state index in [9.17, 15) is 0 Å². The summed E-state index contributed by atoms with van der Waals surface area (Å²) < 4.78 is 0. The number of hydrogen-bond donors (Lipinski definition) is 0. The van der Waals surface area contributed by atoms with Crippen molar-refractivity contribution in [1.29, 1.82) is 0 Å². The molecule has 0 aliphatic heterocycles. The summed E-state index contributed by atoms with van der Waals surface area (Å²) in [6, 6.07) is 28.7. The zero-order valence-corrected chi connectivity index (χ0v) is 14.5. The van der Waals surface area contributed by atoms with E-state index in [1.165, 1.54) is 38.2 Å². The molecule has 0 saturated heterocycles. The second kappa shape index (κ2) is 5.49. The summed E-state index contributed by atoms with van der Waals surface area (Å²) in [5.41, 5.74) is 4.12. The third kappa shape index (κ3) is 2.49. The quantitative estimate of drug-likeness (QED) is 0.333. The summed E-state index contributed by atoms with van der Waals surface area (Å²) in [6.07, 6.45) is 0. The van der Waals surface area contributed by atoms with Crippen LogP contribution < -0.4 is 0 Å². The Balaban J connectivity index is 2.13. The third-order valence-corrected chi connectivity index (χ3v) is 4.81. The minimum absolute atomic E-state index is 0.151. The van der Waals surface area contributed by atoms with E-state index < -0.39 is 0 Å². The summed E-state index contributed by atoms with van der Waals surface area (Å²) >= 11 is 0. The normalized spacial score (nSPS) is 12.0. The van der Waals surface area contributed by atoms with Gasteiger partial charge in [0.05, 0.1) is 0 Å². The molecule has 4 rings (SSSR count). The van der Waals surface area contributed by atoms with E-state index in [0.29, 0.717) is 0 Å². The lowest BCUT2D eigenvalue weighted by molar-refractivity contribution is 0.591. The predicted octanol–water partition coefficient (Wildman–Crippen LogP) is 6.96. The molecule has 4 aromatic carbocycles. The lowest BCUT2D eigenvalue weighted by Gasteiger charge is -2.21. The van der Waals surface area contributed by atoms with Gasteiger partial charge in [-0.1, -0.05) is 87.5 Å². The maximum atomic E-state index is 2.38. The van der Waals surface area contributed by atoms with Crippen LogP contribution in [0.5, 0.6) is 0 Å². The van der Waals surface area contributed by atoms with Crippen molar-refractivity contribution in [3.63, 3.8) is 0 Å². The Hall–Kier alpha value is -2.60. The Morgan fingerprint density at radius 1 is 0.583 bits per heavy atom. The monoisotopic (exact) mass is 310 g/mol. The molecule has 0 N–H and O–H groups in total. The summed E-state index contributed by atoms with van der Waals surface area (Å²) in [7, 11) is 0. The zero-order valence-electron chi connectivity index (χ0n) is 14.5. The molecule has 0 atom stereocenters. The molecule has 0 radical (unpaired) electrons. The summed E-state index contributed by atoms with van der Waals surface area (Å²) in [6.45, 7) is 6.83. The van der Waals surface area contributed by atoms with Crippen molar-refractivity contribution in [2.75, 3.05) is 0 Å². The maximum Gasteiger partial charge on any atom is -0.00962 e. The smallest absolute Gasteiger partial charge is 0.00962 e. The van der Waals surface area contributed by atoms with E-state index in [2.05, 4.69) is 99.6 Å². The van der Waals surface area contributed by atoms with Crippen LogP contribution in [-0.2, 0) is 5.41 Å². The van der Waals surface area contributed by atoms with Crippen molar-refractivity contribution >= 4 is 21.5 Å². The first kappa shape index (κ1) is 15.0. The molecule has 0 spiro atoms. The molecule has 0 aromatic heterocycles. The zero-order chi connectivity index (χ0) is 16.7. The van der Waals surface area contributed by atoms with Crippen LogP contribution >= 0.6 is 0 Å². The van der Waals surface area contributed by atoms with Gasteiger partial charge in [-0.2, -0.15) is 0 Å². The van der Waals surface area contributed by atoms with Gasteiger partial charge in [0.25, 0.3) is 0 Å². The average Bonchev–Trinajstić information content (AvgIpc) is 2.60. The van der Waals surface area contributed by atoms with Crippen molar-refractivity contribution in [1.82, 2.24) is 0 Å². The van der Waals surface area contributed by atoms with Gasteiger partial charge >= 0.3 is 0 Å². The highest BCUT2D eigenvalue weighted by molar-refractivity contribution is 6.14. The average molecular weight is 310 g/mol. The molecule has 24 heavy (non-hydrogen) atoms. The molecule has 0 aliphatic carbocycles. The van der Waals surface area contributed by atoms with E-state index in [-0.39, 0.29) is 5.41 Å². The summed E-state index contributed by atoms with van der Waals surface area (Å²) in [5.74, 6) is 0. The van der Waals surface area contributed by atoms with E-state index in [4.69, 9.17) is 0 Å². The van der Waals surface area contributed by atoms with Crippen LogP contribution in [0.25, 0.3) is 32.7 Å². The second-order valence-electron chi connectivity index (χ2n) is 7.52. The van der Waals surface area contributed by atoms with Crippen LogP contribution in [0.3, 0.4) is 0 Å². The Kier molecular flexibility index (Phi) is 3.42. The molecule has 0 aliphatic rings. The van der Waals surface area contributed by atoms with Crippen LogP contribution in [0.4, 0.5) is 0 Å². The van der Waals surface area contributed by atoms with Gasteiger partial charge in [-0.3, -0.25) is 0 Å². The van der Waals surface area contributed by atoms with Crippen molar-refractivity contribution in [2.24, 2.45) is 0 Å². The van der Waals surface area contributed by atoms with Gasteiger partial charge in [0.15, 0.2) is 0 Å². The third-order valence-electron chi connectivity index (χ3n) is 4.81. The Morgan fingerprint density at radius 2 is 1.29 bits per heavy atom. The van der Waals surface area contributed by atoms with Gasteiger partial charge in [-0.25, -0.2) is 0 Å². The number of fused-ring (bicyclic) bond motifs is 3. The highest BCUT2D eigenvalue weighted by Gasteiger charge is 2.16. The molecule has 0 bridgehead atoms. The molecule has 0 amide bonds. The number of benzene rings is 4. The standard InChI is InChI=1S/C24H22/c1-24(2,3)19-13-14-21-22(17-9-5-4-6-10-17)15-18-11-7-8-12-20(18)23(21)16-19/h4-16H,1-3H3. The topological polar surface area (TPSA) is 0 Å². The molecule has 0 unspecified atom stereocenters. The van der Waals surface area contributed by atoms with Gasteiger partial charge in [-0.15, -0.1) is 0 Å². The van der Waals surface area contributed by atoms with Crippen molar-refractivity contribution in [2.45, 2.75) is 26.2 Å². The molecular formula is C24H22. The lowest BCUT2D eigenvalue weighted by Crippen LogP contribution is -2.10. The molecule has 4 aromatic rings. The van der Waals surface area contributed by atoms with Crippen molar-refractivity contribution < 1.29 is 0 Å². The van der Waals surface area contributed by atoms with Crippen LogP contribution in [0, 0.1) is 0 Å². The van der Waals surface area contributed by atoms with Gasteiger partial charge in [0.1, 0.15) is 0 Å². The predicted molar refractivity (Wildman–Crippen MR) is 106 cm³/mol. The van der Waals surface area contributed by atoms with Crippen molar-refractivity contribution in [3.8, 4) is 11.1 Å². The Labute approximate surface area is 143 Å². The minimum atomic E-state index is 0.151. The maximum absolute atomic E-state index is 2.38.